The van der Waals surface area contributed by atoms with Gasteiger partial charge in [0, 0.05) is 28.9 Å². The van der Waals surface area contributed by atoms with Gasteiger partial charge in [0.2, 0.25) is 0 Å². The summed E-state index contributed by atoms with van der Waals surface area (Å²) in [6.45, 7) is -0.0947. The monoisotopic (exact) mass is 461 g/mol. The molecule has 1 fully saturated rings. The Morgan fingerprint density at radius 3 is 2.74 bits per heavy atom. The van der Waals surface area contributed by atoms with Gasteiger partial charge in [0.05, 0.1) is 41.5 Å². The second-order valence-corrected chi connectivity index (χ2v) is 10.5. The summed E-state index contributed by atoms with van der Waals surface area (Å²) in [7, 11) is -3.54. The Morgan fingerprint density at radius 1 is 1.26 bits per heavy atom. The molecular weight excluding hydrogens is 442 g/mol. The number of hydrogen-bond acceptors (Lipinski definition) is 7. The van der Waals surface area contributed by atoms with Gasteiger partial charge in [-0.15, -0.1) is 0 Å². The topological polar surface area (TPSA) is 123 Å². The first-order valence-corrected chi connectivity index (χ1v) is 12.0. The smallest absolute Gasteiger partial charge is 0.195 e. The molecule has 31 heavy (non-hydrogen) atoms. The third-order valence-corrected chi connectivity index (χ3v) is 7.02. The lowest BCUT2D eigenvalue weighted by atomic mass is 9.76. The number of nitrogens with zero attached hydrogens (tertiary/aromatic N) is 5. The number of sulfone groups is 1. The molecule has 5 rings (SSSR count). The van der Waals surface area contributed by atoms with Crippen LogP contribution in [0, 0.1) is 0 Å². The van der Waals surface area contributed by atoms with Crippen LogP contribution in [0.2, 0.25) is 5.02 Å². The Hall–Kier alpha value is -2.53. The van der Waals surface area contributed by atoms with Gasteiger partial charge in [-0.2, -0.15) is 5.10 Å². The summed E-state index contributed by atoms with van der Waals surface area (Å²) >= 11 is 6.15. The summed E-state index contributed by atoms with van der Waals surface area (Å²) in [5.41, 5.74) is 1.03. The van der Waals surface area contributed by atoms with Crippen LogP contribution in [-0.2, 0) is 16.4 Å². The number of pyridine rings is 1. The van der Waals surface area contributed by atoms with Gasteiger partial charge < -0.3 is 14.8 Å². The molecule has 0 amide bonds. The van der Waals surface area contributed by atoms with E-state index in [1.807, 2.05) is 10.6 Å². The fourth-order valence-corrected chi connectivity index (χ4v) is 5.27. The van der Waals surface area contributed by atoms with Crippen molar-refractivity contribution in [3.05, 3.63) is 47.5 Å². The summed E-state index contributed by atoms with van der Waals surface area (Å²) in [6, 6.07) is 6.98. The first-order chi connectivity index (χ1) is 14.7. The highest BCUT2D eigenvalue weighted by molar-refractivity contribution is 7.90. The predicted octanol–water partition coefficient (Wildman–Crippen LogP) is 1.94. The van der Waals surface area contributed by atoms with Gasteiger partial charge in [0.1, 0.15) is 5.82 Å². The van der Waals surface area contributed by atoms with E-state index in [1.54, 1.807) is 29.1 Å². The molecule has 4 aromatic rings. The zero-order chi connectivity index (χ0) is 22.0. The molecule has 1 aliphatic carbocycles. The molecule has 0 saturated heterocycles. The Morgan fingerprint density at radius 2 is 2.03 bits per heavy atom. The van der Waals surface area contributed by atoms with Gasteiger partial charge in [-0.05, 0) is 37.1 Å². The molecule has 0 atom stereocenters. The number of aliphatic hydroxyl groups excluding tert-OH is 1. The molecule has 0 aliphatic heterocycles. The number of aliphatic hydroxyl groups is 2. The van der Waals surface area contributed by atoms with Crippen LogP contribution in [0.25, 0.3) is 21.9 Å². The highest BCUT2D eigenvalue weighted by Crippen LogP contribution is 2.43. The fraction of sp³-hybridized carbons (Fsp3) is 0.350. The second-order valence-electron chi connectivity index (χ2n) is 8.10. The minimum Gasteiger partial charge on any atom is -0.393 e. The van der Waals surface area contributed by atoms with Crippen molar-refractivity contribution in [2.24, 2.45) is 0 Å². The van der Waals surface area contributed by atoms with Gasteiger partial charge in [-0.1, -0.05) is 11.6 Å². The maximum atomic E-state index is 12.2. The summed E-state index contributed by atoms with van der Waals surface area (Å²) < 4.78 is 28.1. The molecule has 3 aromatic heterocycles. The lowest BCUT2D eigenvalue weighted by Crippen LogP contribution is -2.48. The highest BCUT2D eigenvalue weighted by atomic mass is 35.5. The molecule has 1 saturated carbocycles. The normalized spacial score (nSPS) is 21.6. The van der Waals surface area contributed by atoms with Crippen LogP contribution < -0.4 is 0 Å². The lowest BCUT2D eigenvalue weighted by molar-refractivity contribution is -0.101. The Balaban J connectivity index is 1.64. The van der Waals surface area contributed by atoms with Crippen LogP contribution in [0.5, 0.6) is 0 Å². The molecule has 0 radical (unpaired) electrons. The van der Waals surface area contributed by atoms with Crippen LogP contribution in [-0.4, -0.2) is 61.4 Å². The summed E-state index contributed by atoms with van der Waals surface area (Å²) in [4.78, 5) is 8.85. The molecule has 0 unspecified atom stereocenters. The van der Waals surface area contributed by atoms with E-state index in [0.717, 1.165) is 11.8 Å². The van der Waals surface area contributed by atoms with Crippen LogP contribution in [0.15, 0.2) is 41.7 Å². The molecule has 9 nitrogen and oxygen atoms in total. The SMILES string of the molecule is CS(=O)(=O)c1nn(Cc2nc3cc(Cl)ccc3n2[C@H]2C[C@](O)(CO)C2)c2cnccc12. The van der Waals surface area contributed by atoms with E-state index in [9.17, 15) is 18.6 Å². The second kappa shape index (κ2) is 6.99. The van der Waals surface area contributed by atoms with Crippen LogP contribution in [0.4, 0.5) is 0 Å². The van der Waals surface area contributed by atoms with Crippen LogP contribution in [0.3, 0.4) is 0 Å². The van der Waals surface area contributed by atoms with Crippen molar-refractivity contribution >= 4 is 43.4 Å². The maximum Gasteiger partial charge on any atom is 0.195 e. The maximum absolute atomic E-state index is 12.2. The van der Waals surface area contributed by atoms with E-state index in [2.05, 4.69) is 10.1 Å². The van der Waals surface area contributed by atoms with Crippen molar-refractivity contribution in [1.29, 1.82) is 0 Å². The van der Waals surface area contributed by atoms with Gasteiger partial charge in [0.25, 0.3) is 0 Å². The molecule has 11 heteroatoms. The number of imidazole rings is 1. The van der Waals surface area contributed by atoms with E-state index in [4.69, 9.17) is 16.6 Å². The number of benzene rings is 1. The average Bonchev–Trinajstić information content (AvgIpc) is 3.23. The van der Waals surface area contributed by atoms with Crippen molar-refractivity contribution in [1.82, 2.24) is 24.3 Å². The predicted molar refractivity (Wildman–Crippen MR) is 115 cm³/mol. The third kappa shape index (κ3) is 3.39. The summed E-state index contributed by atoms with van der Waals surface area (Å²) in [6.07, 6.45) is 5.02. The Labute approximate surface area is 182 Å². The van der Waals surface area contributed by atoms with Crippen molar-refractivity contribution in [2.45, 2.75) is 36.1 Å². The number of rotatable bonds is 5. The third-order valence-electron chi connectivity index (χ3n) is 5.78. The van der Waals surface area contributed by atoms with E-state index in [0.29, 0.717) is 40.1 Å². The molecule has 1 aliphatic rings. The van der Waals surface area contributed by atoms with E-state index in [1.165, 1.54) is 6.20 Å². The molecule has 162 valence electrons. The standard InChI is InChI=1S/C20H20ClN5O4S/c1-31(29,30)19-14-4-5-22-9-17(14)25(24-19)10-18-23-15-6-12(21)2-3-16(15)26(18)13-7-20(28,8-13)11-27/h2-6,9,13,27-28H,7-8,10-11H2,1H3/t13-,20+. The van der Waals surface area contributed by atoms with Crippen molar-refractivity contribution < 1.29 is 18.6 Å². The molecule has 0 spiro atoms. The number of halogens is 1. The quantitative estimate of drug-likeness (QED) is 0.465. The van der Waals surface area contributed by atoms with Gasteiger partial charge in [-0.25, -0.2) is 13.4 Å². The minimum atomic E-state index is -3.54. The number of aromatic nitrogens is 5. The Kier molecular flexibility index (Phi) is 4.60. The molecule has 1 aromatic carbocycles. The van der Waals surface area contributed by atoms with Crippen LogP contribution in [0.1, 0.15) is 24.7 Å². The summed E-state index contributed by atoms with van der Waals surface area (Å²) in [5, 5.41) is 25.2. The average molecular weight is 462 g/mol. The van der Waals surface area contributed by atoms with E-state index < -0.39 is 15.4 Å². The lowest BCUT2D eigenvalue weighted by Gasteiger charge is -2.43. The molecular formula is C20H20ClN5O4S. The zero-order valence-corrected chi connectivity index (χ0v) is 18.2. The molecule has 2 N–H and O–H groups in total. The number of fused-ring (bicyclic) bond motifs is 2. The van der Waals surface area contributed by atoms with Gasteiger partial charge >= 0.3 is 0 Å². The largest absolute Gasteiger partial charge is 0.393 e. The highest BCUT2D eigenvalue weighted by Gasteiger charge is 2.44. The van der Waals surface area contributed by atoms with Crippen molar-refractivity contribution in [3.63, 3.8) is 0 Å². The first kappa shape index (κ1) is 20.4. The Bertz CT molecular complexity index is 1420. The van der Waals surface area contributed by atoms with E-state index >= 15 is 0 Å². The van der Waals surface area contributed by atoms with Crippen molar-refractivity contribution in [3.8, 4) is 0 Å². The van der Waals surface area contributed by atoms with Gasteiger partial charge in [-0.3, -0.25) is 9.67 Å². The van der Waals surface area contributed by atoms with Crippen LogP contribution >= 0.6 is 11.6 Å². The zero-order valence-electron chi connectivity index (χ0n) is 16.6. The first-order valence-electron chi connectivity index (χ1n) is 9.69. The molecule has 3 heterocycles. The fourth-order valence-electron chi connectivity index (χ4n) is 4.29. The van der Waals surface area contributed by atoms with Crippen molar-refractivity contribution in [2.75, 3.05) is 12.9 Å². The number of hydrogen-bond donors (Lipinski definition) is 2. The van der Waals surface area contributed by atoms with Gasteiger partial charge in [0.15, 0.2) is 14.9 Å². The minimum absolute atomic E-state index is 0.00564. The summed E-state index contributed by atoms with van der Waals surface area (Å²) in [5.74, 6) is 0.649. The molecule has 0 bridgehead atoms. The van der Waals surface area contributed by atoms with E-state index in [-0.39, 0.29) is 24.2 Å².